The highest BCUT2D eigenvalue weighted by Gasteiger charge is 2.48. The van der Waals surface area contributed by atoms with Crippen LogP contribution in [0.5, 0.6) is 0 Å². The fourth-order valence-electron chi connectivity index (χ4n) is 3.53. The Balaban J connectivity index is 1.49. The zero-order valence-electron chi connectivity index (χ0n) is 17.6. The number of amides is 4. The second-order valence-corrected chi connectivity index (χ2v) is 7.93. The van der Waals surface area contributed by atoms with Crippen molar-refractivity contribution < 1.29 is 14.4 Å². The monoisotopic (exact) mass is 417 g/mol. The van der Waals surface area contributed by atoms with Gasteiger partial charge in [-0.15, -0.1) is 0 Å². The van der Waals surface area contributed by atoms with E-state index in [2.05, 4.69) is 20.7 Å². The van der Waals surface area contributed by atoms with Crippen LogP contribution >= 0.6 is 0 Å². The van der Waals surface area contributed by atoms with Gasteiger partial charge in [0.2, 0.25) is 0 Å². The van der Waals surface area contributed by atoms with Gasteiger partial charge in [0.15, 0.2) is 0 Å². The molecule has 1 aromatic heterocycles. The maximum atomic E-state index is 12.9. The predicted molar refractivity (Wildman–Crippen MR) is 115 cm³/mol. The molecule has 0 saturated carbocycles. The average Bonchev–Trinajstić information content (AvgIpc) is 2.97. The minimum atomic E-state index is -1.09. The summed E-state index contributed by atoms with van der Waals surface area (Å²) in [5.41, 5.74) is 5.51. The highest BCUT2D eigenvalue weighted by molar-refractivity contribution is 6.09. The first kappa shape index (κ1) is 20.5. The number of nitrogens with zero attached hydrogens (tertiary/aromatic N) is 3. The van der Waals surface area contributed by atoms with Gasteiger partial charge in [-0.1, -0.05) is 30.3 Å². The SMILES string of the molecule is Cc1nc2ccc(C(=O)NN3C(=O)N[C@@](C)(CCc4ccccc4)C3=O)cc2nc1C. The van der Waals surface area contributed by atoms with E-state index in [1.807, 2.05) is 44.2 Å². The lowest BCUT2D eigenvalue weighted by Gasteiger charge is -2.21. The van der Waals surface area contributed by atoms with Gasteiger partial charge in [-0.2, -0.15) is 5.01 Å². The lowest BCUT2D eigenvalue weighted by atomic mass is 9.93. The standard InChI is InChI=1S/C23H23N5O3/c1-14-15(2)25-19-13-17(9-10-18(19)24-14)20(29)27-28-21(30)23(3,26-22(28)31)12-11-16-7-5-4-6-8-16/h4-10,13H,11-12H2,1-3H3,(H,26,31)(H,27,29)/t23-/m0/s1. The quantitative estimate of drug-likeness (QED) is 0.621. The number of fused-ring (bicyclic) bond motifs is 1. The lowest BCUT2D eigenvalue weighted by Crippen LogP contribution is -2.48. The molecule has 1 aliphatic rings. The van der Waals surface area contributed by atoms with E-state index in [9.17, 15) is 14.4 Å². The largest absolute Gasteiger partial charge is 0.344 e. The molecule has 0 aliphatic carbocycles. The molecule has 4 rings (SSSR count). The molecule has 2 aromatic carbocycles. The van der Waals surface area contributed by atoms with E-state index >= 15 is 0 Å². The van der Waals surface area contributed by atoms with Gasteiger partial charge in [0, 0.05) is 5.56 Å². The third-order valence-electron chi connectivity index (χ3n) is 5.57. The van der Waals surface area contributed by atoms with Crippen LogP contribution in [0.4, 0.5) is 4.79 Å². The fraction of sp³-hybridized carbons (Fsp3) is 0.261. The molecule has 2 N–H and O–H groups in total. The van der Waals surface area contributed by atoms with E-state index in [1.165, 1.54) is 0 Å². The van der Waals surface area contributed by atoms with Crippen LogP contribution in [-0.2, 0) is 11.2 Å². The van der Waals surface area contributed by atoms with E-state index in [4.69, 9.17) is 0 Å². The second kappa shape index (κ2) is 7.79. The summed E-state index contributed by atoms with van der Waals surface area (Å²) in [5.74, 6) is -1.06. The topological polar surface area (TPSA) is 104 Å². The molecule has 1 saturated heterocycles. The number of carbonyl (C=O) groups excluding carboxylic acids is 3. The number of carbonyl (C=O) groups is 3. The van der Waals surface area contributed by atoms with Gasteiger partial charge in [0.1, 0.15) is 5.54 Å². The van der Waals surface area contributed by atoms with E-state index < -0.39 is 23.4 Å². The third kappa shape index (κ3) is 3.96. The minimum absolute atomic E-state index is 0.281. The van der Waals surface area contributed by atoms with Crippen molar-refractivity contribution in [2.75, 3.05) is 0 Å². The number of aromatic nitrogens is 2. The van der Waals surface area contributed by atoms with Crippen LogP contribution in [0.15, 0.2) is 48.5 Å². The number of imide groups is 1. The molecule has 1 atom stereocenters. The molecule has 158 valence electrons. The van der Waals surface area contributed by atoms with Crippen LogP contribution in [0.3, 0.4) is 0 Å². The molecule has 0 radical (unpaired) electrons. The first-order chi connectivity index (χ1) is 14.8. The molecule has 3 aromatic rings. The predicted octanol–water partition coefficient (Wildman–Crippen LogP) is 2.83. The van der Waals surface area contributed by atoms with E-state index in [0.29, 0.717) is 23.9 Å². The van der Waals surface area contributed by atoms with Crippen molar-refractivity contribution in [1.29, 1.82) is 0 Å². The smallest absolute Gasteiger partial charge is 0.322 e. The number of hydrogen-bond acceptors (Lipinski definition) is 5. The summed E-state index contributed by atoms with van der Waals surface area (Å²) in [6.45, 7) is 5.38. The van der Waals surface area contributed by atoms with Crippen LogP contribution in [-0.4, -0.2) is 38.4 Å². The van der Waals surface area contributed by atoms with E-state index in [-0.39, 0.29) is 5.56 Å². The number of nitrogens with one attached hydrogen (secondary N) is 2. The van der Waals surface area contributed by atoms with Crippen molar-refractivity contribution in [3.8, 4) is 0 Å². The molecule has 0 unspecified atom stereocenters. The van der Waals surface area contributed by atoms with Gasteiger partial charge in [-0.25, -0.2) is 14.8 Å². The average molecular weight is 417 g/mol. The molecule has 1 fully saturated rings. The molecule has 2 heterocycles. The third-order valence-corrected chi connectivity index (χ3v) is 5.57. The Morgan fingerprint density at radius 2 is 1.71 bits per heavy atom. The Hall–Kier alpha value is -3.81. The highest BCUT2D eigenvalue weighted by atomic mass is 16.2. The number of hydrazine groups is 1. The molecule has 0 spiro atoms. The molecule has 31 heavy (non-hydrogen) atoms. The summed E-state index contributed by atoms with van der Waals surface area (Å²) >= 11 is 0. The molecular weight excluding hydrogens is 394 g/mol. The van der Waals surface area contributed by atoms with Crippen molar-refractivity contribution in [2.24, 2.45) is 0 Å². The van der Waals surface area contributed by atoms with Gasteiger partial charge < -0.3 is 5.32 Å². The molecule has 1 aliphatic heterocycles. The zero-order chi connectivity index (χ0) is 22.2. The van der Waals surface area contributed by atoms with Crippen LogP contribution in [0.2, 0.25) is 0 Å². The normalized spacial score (nSPS) is 18.4. The fourth-order valence-corrected chi connectivity index (χ4v) is 3.53. The van der Waals surface area contributed by atoms with Crippen LogP contribution in [0.25, 0.3) is 11.0 Å². The summed E-state index contributed by atoms with van der Waals surface area (Å²) in [6.07, 6.45) is 1.03. The van der Waals surface area contributed by atoms with Crippen LogP contribution in [0.1, 0.15) is 40.7 Å². The first-order valence-corrected chi connectivity index (χ1v) is 10.0. The zero-order valence-corrected chi connectivity index (χ0v) is 17.6. The minimum Gasteiger partial charge on any atom is -0.322 e. The first-order valence-electron chi connectivity index (χ1n) is 10.0. The number of aryl methyl sites for hydroxylation is 3. The summed E-state index contributed by atoms with van der Waals surface area (Å²) in [4.78, 5) is 47.0. The Morgan fingerprint density at radius 3 is 2.42 bits per heavy atom. The number of urea groups is 1. The van der Waals surface area contributed by atoms with Crippen LogP contribution < -0.4 is 10.7 Å². The molecule has 0 bridgehead atoms. The van der Waals surface area contributed by atoms with Gasteiger partial charge in [-0.05, 0) is 57.4 Å². The maximum absolute atomic E-state index is 12.9. The van der Waals surface area contributed by atoms with Crippen molar-refractivity contribution in [2.45, 2.75) is 39.2 Å². The Labute approximate surface area is 179 Å². The van der Waals surface area contributed by atoms with Gasteiger partial charge in [0.05, 0.1) is 22.4 Å². The lowest BCUT2D eigenvalue weighted by molar-refractivity contribution is -0.132. The number of hydrogen-bond donors (Lipinski definition) is 2. The van der Waals surface area contributed by atoms with Crippen molar-refractivity contribution in [1.82, 2.24) is 25.7 Å². The summed E-state index contributed by atoms with van der Waals surface area (Å²) < 4.78 is 0. The summed E-state index contributed by atoms with van der Waals surface area (Å²) in [6, 6.07) is 13.9. The van der Waals surface area contributed by atoms with Crippen molar-refractivity contribution in [3.63, 3.8) is 0 Å². The maximum Gasteiger partial charge on any atom is 0.344 e. The summed E-state index contributed by atoms with van der Waals surface area (Å²) in [7, 11) is 0. The molecule has 8 nitrogen and oxygen atoms in total. The van der Waals surface area contributed by atoms with Gasteiger partial charge in [-0.3, -0.25) is 15.0 Å². The second-order valence-electron chi connectivity index (χ2n) is 7.93. The molecule has 4 amide bonds. The molecular formula is C23H23N5O3. The Bertz CT molecular complexity index is 1190. The van der Waals surface area contributed by atoms with E-state index in [0.717, 1.165) is 22.0 Å². The van der Waals surface area contributed by atoms with Crippen molar-refractivity contribution >= 4 is 28.9 Å². The van der Waals surface area contributed by atoms with E-state index in [1.54, 1.807) is 25.1 Å². The highest BCUT2D eigenvalue weighted by Crippen LogP contribution is 2.23. The Morgan fingerprint density at radius 1 is 1.03 bits per heavy atom. The van der Waals surface area contributed by atoms with Crippen LogP contribution in [0, 0.1) is 13.8 Å². The van der Waals surface area contributed by atoms with Crippen molar-refractivity contribution in [3.05, 3.63) is 71.0 Å². The summed E-state index contributed by atoms with van der Waals surface area (Å²) in [5, 5.41) is 3.45. The molecule has 8 heteroatoms. The number of rotatable bonds is 5. The van der Waals surface area contributed by atoms with Gasteiger partial charge in [0.25, 0.3) is 11.8 Å². The number of benzene rings is 2. The van der Waals surface area contributed by atoms with Gasteiger partial charge >= 0.3 is 6.03 Å². The Kier molecular flexibility index (Phi) is 5.14.